The van der Waals surface area contributed by atoms with Gasteiger partial charge in [0.15, 0.2) is 6.23 Å². The van der Waals surface area contributed by atoms with Crippen molar-refractivity contribution in [2.24, 2.45) is 11.8 Å². The highest BCUT2D eigenvalue weighted by molar-refractivity contribution is 6.13. The van der Waals surface area contributed by atoms with Gasteiger partial charge in [-0.05, 0) is 63.7 Å². The molecule has 0 amide bonds. The van der Waals surface area contributed by atoms with Crippen LogP contribution in [-0.4, -0.2) is 347 Å². The molecule has 101 heavy (non-hydrogen) atoms. The molecule has 0 saturated carbocycles. The Morgan fingerprint density at radius 2 is 0.772 bits per heavy atom. The molecule has 40 heteroatoms. The highest BCUT2D eigenvalue weighted by Gasteiger charge is 2.41. The predicted molar refractivity (Wildman–Crippen MR) is 362 cm³/mol. The van der Waals surface area contributed by atoms with Crippen molar-refractivity contribution in [1.29, 1.82) is 0 Å². The zero-order chi connectivity index (χ0) is 72.0. The molecule has 4 aromatic heterocycles. The molecule has 0 spiro atoms. The van der Waals surface area contributed by atoms with Crippen LogP contribution < -0.4 is 0 Å². The van der Waals surface area contributed by atoms with Gasteiger partial charge in [-0.1, -0.05) is 20.9 Å². The maximum atomic E-state index is 5.89. The van der Waals surface area contributed by atoms with E-state index in [-0.39, 0.29) is 159 Å². The van der Waals surface area contributed by atoms with Crippen LogP contribution >= 0.6 is 0 Å². The van der Waals surface area contributed by atoms with E-state index in [9.17, 15) is 0 Å². The molecule has 0 aromatic carbocycles. The van der Waals surface area contributed by atoms with Gasteiger partial charge in [-0.25, -0.2) is 14.0 Å². The molecule has 8 aliphatic rings. The average molecular weight is 1400 g/mol. The van der Waals surface area contributed by atoms with Crippen LogP contribution in [0.15, 0.2) is 24.8 Å². The molecule has 8 aliphatic heterocycles. The Morgan fingerprint density at radius 1 is 0.366 bits per heavy atom. The van der Waals surface area contributed by atoms with Gasteiger partial charge in [0.1, 0.15) is 118 Å². The summed E-state index contributed by atoms with van der Waals surface area (Å²) in [5, 5.41) is 33.2. The topological polar surface area (TPSA) is 307 Å². The van der Waals surface area contributed by atoms with Gasteiger partial charge in [0.2, 0.25) is 0 Å². The van der Waals surface area contributed by atoms with Gasteiger partial charge in [0, 0.05) is 123 Å². The van der Waals surface area contributed by atoms with E-state index >= 15 is 0 Å². The number of methoxy groups -OCH3 is 8. The predicted octanol–water partition coefficient (Wildman–Crippen LogP) is -1.64. The van der Waals surface area contributed by atoms with Gasteiger partial charge in [-0.3, -0.25) is 4.68 Å². The van der Waals surface area contributed by atoms with Crippen molar-refractivity contribution in [3.63, 3.8) is 0 Å². The SMILES string of the molecule is [B][C@H]1CC(Cc2cn([C@H]3O[C@@H]([B])CC3OC)nn2)[C@@H](COC)O1.[B][C@H]1CC(Cn2cc(COC[C@H]3O[C@@H]([B])CC3OC)nn2)[C@@H](COC)O1.[B][C@H]1CC(OC)[C@@H](COCn2cc(C3C[C@H]([B])O[C@@H]3COC)nn2)O1.[B][C@H]1CC(OC)[C@@H](COCn2cc(COC3C[C@H]([B])O[C@@H]3COC)nn2)O1. The summed E-state index contributed by atoms with van der Waals surface area (Å²) in [4.78, 5) is 0. The number of nitrogens with zero attached hydrogens (tertiary/aromatic N) is 12. The summed E-state index contributed by atoms with van der Waals surface area (Å²) in [7, 11) is 59.8. The third-order valence-corrected chi connectivity index (χ3v) is 18.5. The van der Waals surface area contributed by atoms with E-state index in [0.29, 0.717) is 110 Å². The monoisotopic (exact) mass is 1400 g/mol. The van der Waals surface area contributed by atoms with Crippen LogP contribution in [-0.2, 0) is 134 Å². The first-order valence-corrected chi connectivity index (χ1v) is 34.2. The first kappa shape index (κ1) is 81.4. The molecule has 4 aromatic rings. The van der Waals surface area contributed by atoms with Crippen molar-refractivity contribution in [3.05, 3.63) is 47.6 Å². The molecule has 12 rings (SSSR count). The normalized spacial score (nSPS) is 35.2. The number of aromatic nitrogens is 12. The molecule has 0 bridgehead atoms. The molecule has 0 N–H and O–H groups in total. The summed E-state index contributed by atoms with van der Waals surface area (Å²) in [5.41, 5.74) is 3.15. The van der Waals surface area contributed by atoms with E-state index in [0.717, 1.165) is 36.3 Å². The highest BCUT2D eigenvalue weighted by atomic mass is 16.6. The van der Waals surface area contributed by atoms with Crippen LogP contribution in [0.1, 0.15) is 86.3 Å². The summed E-state index contributed by atoms with van der Waals surface area (Å²) in [6.45, 7) is 4.98. The quantitative estimate of drug-likeness (QED) is 0.0483. The summed E-state index contributed by atoms with van der Waals surface area (Å²) in [6, 6.07) is -2.39. The molecule has 8 fully saturated rings. The molecule has 24 atom stereocenters. The van der Waals surface area contributed by atoms with Gasteiger partial charge in [0.25, 0.3) is 0 Å². The fraction of sp³-hybridized carbons (Fsp3) is 0.869. The summed E-state index contributed by atoms with van der Waals surface area (Å²) in [5.74, 6) is 0.578. The second kappa shape index (κ2) is 41.4. The molecule has 542 valence electrons. The van der Waals surface area contributed by atoms with E-state index in [1.807, 2.05) is 18.6 Å². The van der Waals surface area contributed by atoms with Crippen molar-refractivity contribution in [1.82, 2.24) is 60.0 Å². The second-order valence-electron chi connectivity index (χ2n) is 26.1. The lowest BCUT2D eigenvalue weighted by molar-refractivity contribution is -0.0590. The van der Waals surface area contributed by atoms with Gasteiger partial charge in [-0.15, -0.1) is 20.4 Å². The average Bonchev–Trinajstić information content (AvgIpc) is 1.69. The Labute approximate surface area is 602 Å². The van der Waals surface area contributed by atoms with Crippen LogP contribution in [0.4, 0.5) is 0 Å². The van der Waals surface area contributed by atoms with E-state index in [4.69, 9.17) is 158 Å². The fourth-order valence-electron chi connectivity index (χ4n) is 13.5. The Morgan fingerprint density at radius 3 is 1.35 bits per heavy atom. The van der Waals surface area contributed by atoms with E-state index in [1.54, 1.807) is 81.8 Å². The van der Waals surface area contributed by atoms with E-state index < -0.39 is 0 Å². The molecule has 16 radical (unpaired) electrons. The van der Waals surface area contributed by atoms with Crippen LogP contribution in [0.5, 0.6) is 0 Å². The third-order valence-electron chi connectivity index (χ3n) is 18.5. The first-order valence-electron chi connectivity index (χ1n) is 34.2. The zero-order valence-corrected chi connectivity index (χ0v) is 59.2. The van der Waals surface area contributed by atoms with Gasteiger partial charge < -0.3 is 94.7 Å². The molecule has 32 nitrogen and oxygen atoms in total. The highest BCUT2D eigenvalue weighted by Crippen LogP contribution is 2.35. The van der Waals surface area contributed by atoms with Crippen LogP contribution in [0, 0.1) is 11.8 Å². The molecular formula is C61H94B8N12O20. The van der Waals surface area contributed by atoms with Crippen LogP contribution in [0.25, 0.3) is 0 Å². The lowest BCUT2D eigenvalue weighted by Crippen LogP contribution is -2.28. The Hall–Kier alpha value is -3.72. The van der Waals surface area contributed by atoms with Crippen molar-refractivity contribution in [2.45, 2.75) is 224 Å². The van der Waals surface area contributed by atoms with Gasteiger partial charge in [-0.2, -0.15) is 0 Å². The molecule has 8 unspecified atom stereocenters. The smallest absolute Gasteiger partial charge is 0.177 e. The van der Waals surface area contributed by atoms with Crippen LogP contribution in [0.2, 0.25) is 0 Å². The summed E-state index contributed by atoms with van der Waals surface area (Å²) < 4.78 is 117. The second-order valence-corrected chi connectivity index (χ2v) is 26.1. The van der Waals surface area contributed by atoms with Crippen molar-refractivity contribution >= 4 is 62.8 Å². The number of ether oxygens (including phenoxy) is 20. The Balaban J connectivity index is 0.000000157. The maximum absolute atomic E-state index is 5.89. The number of hydrogen-bond donors (Lipinski definition) is 0. The molecule has 12 heterocycles. The lowest BCUT2D eigenvalue weighted by Gasteiger charge is -2.17. The molecular weight excluding hydrogens is 1310 g/mol. The summed E-state index contributed by atoms with van der Waals surface area (Å²) >= 11 is 0. The van der Waals surface area contributed by atoms with Crippen LogP contribution in [0.3, 0.4) is 0 Å². The lowest BCUT2D eigenvalue weighted by atomic mass is 9.88. The maximum Gasteiger partial charge on any atom is 0.177 e. The zero-order valence-electron chi connectivity index (χ0n) is 59.2. The minimum Gasteiger partial charge on any atom is -0.382 e. The molecule has 8 saturated heterocycles. The third kappa shape index (κ3) is 24.4. The standard InChI is InChI=1S/C16H25B2N3O6.C16H25B2N3O5.C15H23B2N3O5.C14H21B2N3O4/c1-22-7-13-12(4-16(18)26-13)25-6-10-5-21(20-19-10)9-24-8-14-11(23-2)3-15(17)27-14;1-22-8-13-10(3-15(17)25-13)5-21-6-11(19-20-21)7-24-9-14-12(23-2)4-16(18)26-14;1-21-6-12-9(3-14(16)24-12)10-5-20(19-18-10)8-23-7-13-11(22-2)4-15(17)25-13;1-20-7-11-8(4-12(15)22-11)3-9-6-19(18-17-9)14-10(21-2)5-13(16)23-14/h5,11-16H,3-4,6-9H2,1-2H3;6,10,12-16H,3-5,7-9H2,1-2H3;5,9,11-15H,3-4,6-8H2,1-2H3;6,8,10-14H,3-5,7H2,1-2H3/t11?,12?,13-,14-,15-,16-;10?,12?,13-,14-,15-,16-;9?,11?,12-,13-,14-,15-;8?,10?,11-,12-,13-,14+/m1111/s1. The fourth-order valence-corrected chi connectivity index (χ4v) is 13.5. The van der Waals surface area contributed by atoms with Crippen molar-refractivity contribution in [2.75, 3.05) is 103 Å². The van der Waals surface area contributed by atoms with Crippen molar-refractivity contribution in [3.8, 4) is 0 Å². The summed E-state index contributed by atoms with van der Waals surface area (Å²) in [6.07, 6.45) is 12.1. The van der Waals surface area contributed by atoms with Crippen molar-refractivity contribution < 1.29 is 94.7 Å². The Kier molecular flexibility index (Phi) is 33.4. The minimum atomic E-state index is -0.343. The number of rotatable bonds is 33. The Bertz CT molecular complexity index is 2970. The minimum absolute atomic E-state index is 0.0111. The van der Waals surface area contributed by atoms with E-state index in [1.165, 1.54) is 0 Å². The number of hydrogen-bond acceptors (Lipinski definition) is 28. The first-order chi connectivity index (χ1) is 48.9. The van der Waals surface area contributed by atoms with E-state index in [2.05, 4.69) is 41.2 Å². The van der Waals surface area contributed by atoms with Gasteiger partial charge >= 0.3 is 0 Å². The van der Waals surface area contributed by atoms with Gasteiger partial charge in [0.05, 0.1) is 138 Å². The largest absolute Gasteiger partial charge is 0.382 e. The molecule has 0 aliphatic carbocycles.